The van der Waals surface area contributed by atoms with Crippen LogP contribution in [0.2, 0.25) is 0 Å². The van der Waals surface area contributed by atoms with Gasteiger partial charge in [-0.1, -0.05) is 39.0 Å². The number of nitrogens with zero attached hydrogens (tertiary/aromatic N) is 1. The summed E-state index contributed by atoms with van der Waals surface area (Å²) in [5, 5.41) is 3.37. The fourth-order valence-corrected chi connectivity index (χ4v) is 2.55. The third-order valence-corrected chi connectivity index (χ3v) is 3.88. The molecule has 0 saturated carbocycles. The first-order valence-electron chi connectivity index (χ1n) is 7.62. The number of hydrogen-bond acceptors (Lipinski definition) is 3. The smallest absolute Gasteiger partial charge is 0.246 e. The number of hydrogen-bond donors (Lipinski definition) is 1. The zero-order valence-electron chi connectivity index (χ0n) is 12.6. The maximum Gasteiger partial charge on any atom is 0.246 e. The lowest BCUT2D eigenvalue weighted by Crippen LogP contribution is -2.53. The van der Waals surface area contributed by atoms with Crippen molar-refractivity contribution >= 4 is 11.8 Å². The number of rotatable bonds is 8. The van der Waals surface area contributed by atoms with Crippen molar-refractivity contribution in [2.45, 2.75) is 77.3 Å². The molecule has 2 amide bonds. The van der Waals surface area contributed by atoms with Gasteiger partial charge in [-0.15, -0.1) is 0 Å². The third-order valence-electron chi connectivity index (χ3n) is 3.88. The second-order valence-corrected chi connectivity index (χ2v) is 5.65. The number of carbonyl (C=O) groups is 2. The van der Waals surface area contributed by atoms with Gasteiger partial charge in [0, 0.05) is 19.5 Å². The molecule has 1 saturated heterocycles. The summed E-state index contributed by atoms with van der Waals surface area (Å²) in [6.45, 7) is 4.35. The molecule has 0 aromatic carbocycles. The Kier molecular flexibility index (Phi) is 7.06. The van der Waals surface area contributed by atoms with Crippen molar-refractivity contribution in [1.82, 2.24) is 10.2 Å². The van der Waals surface area contributed by atoms with Crippen molar-refractivity contribution in [2.24, 2.45) is 0 Å². The SMILES string of the molecule is CCCCCCCC(C)NC1CCC(=O)N(C)C1=O. The first-order chi connectivity index (χ1) is 9.06. The van der Waals surface area contributed by atoms with Crippen LogP contribution in [0.5, 0.6) is 0 Å². The molecule has 0 aliphatic carbocycles. The van der Waals surface area contributed by atoms with E-state index in [1.165, 1.54) is 37.0 Å². The highest BCUT2D eigenvalue weighted by molar-refractivity contribution is 6.00. The topological polar surface area (TPSA) is 49.4 Å². The highest BCUT2D eigenvalue weighted by atomic mass is 16.2. The molecule has 0 aromatic rings. The van der Waals surface area contributed by atoms with Gasteiger partial charge in [0.1, 0.15) is 0 Å². The minimum absolute atomic E-state index is 0.0599. The molecule has 19 heavy (non-hydrogen) atoms. The summed E-state index contributed by atoms with van der Waals surface area (Å²) in [6, 6.07) is 0.172. The van der Waals surface area contributed by atoms with Crippen LogP contribution in [0.3, 0.4) is 0 Å². The van der Waals surface area contributed by atoms with Gasteiger partial charge in [-0.2, -0.15) is 0 Å². The normalized spacial score (nSPS) is 21.8. The van der Waals surface area contributed by atoms with Crippen LogP contribution in [-0.2, 0) is 9.59 Å². The largest absolute Gasteiger partial charge is 0.303 e. The van der Waals surface area contributed by atoms with Crippen molar-refractivity contribution in [2.75, 3.05) is 7.05 Å². The van der Waals surface area contributed by atoms with Crippen LogP contribution in [-0.4, -0.2) is 35.8 Å². The van der Waals surface area contributed by atoms with E-state index in [9.17, 15) is 9.59 Å². The Bertz CT molecular complexity index is 305. The summed E-state index contributed by atoms with van der Waals surface area (Å²) in [4.78, 5) is 24.6. The number of nitrogens with one attached hydrogen (secondary N) is 1. The molecule has 1 rings (SSSR count). The molecule has 0 aromatic heterocycles. The summed E-state index contributed by atoms with van der Waals surface area (Å²) in [5.74, 6) is -0.135. The molecule has 110 valence electrons. The second-order valence-electron chi connectivity index (χ2n) is 5.65. The van der Waals surface area contributed by atoms with E-state index in [-0.39, 0.29) is 17.9 Å². The predicted molar refractivity (Wildman–Crippen MR) is 76.8 cm³/mol. The second kappa shape index (κ2) is 8.31. The summed E-state index contributed by atoms with van der Waals surface area (Å²) in [6.07, 6.45) is 8.60. The molecule has 4 heteroatoms. The Morgan fingerprint density at radius 2 is 1.95 bits per heavy atom. The average Bonchev–Trinajstić information content (AvgIpc) is 2.39. The Balaban J connectivity index is 2.22. The van der Waals surface area contributed by atoms with Crippen molar-refractivity contribution < 1.29 is 9.59 Å². The zero-order valence-corrected chi connectivity index (χ0v) is 12.6. The quantitative estimate of drug-likeness (QED) is 0.543. The number of carbonyl (C=O) groups excluding carboxylic acids is 2. The van der Waals surface area contributed by atoms with E-state index < -0.39 is 0 Å². The van der Waals surface area contributed by atoms with E-state index in [4.69, 9.17) is 0 Å². The molecular formula is C15H28N2O2. The highest BCUT2D eigenvalue weighted by Crippen LogP contribution is 2.14. The predicted octanol–water partition coefficient (Wildman–Crippen LogP) is 2.47. The molecule has 1 aliphatic heterocycles. The van der Waals surface area contributed by atoms with E-state index in [0.717, 1.165) is 6.42 Å². The maximum atomic E-state index is 11.9. The molecule has 0 radical (unpaired) electrons. The van der Waals surface area contributed by atoms with E-state index in [2.05, 4.69) is 19.2 Å². The number of likely N-dealkylation sites (N-methyl/N-ethyl adjacent to an activating group) is 1. The van der Waals surface area contributed by atoms with Gasteiger partial charge >= 0.3 is 0 Å². The Hall–Kier alpha value is -0.900. The fraction of sp³-hybridized carbons (Fsp3) is 0.867. The van der Waals surface area contributed by atoms with Gasteiger partial charge < -0.3 is 5.32 Å². The third kappa shape index (κ3) is 5.31. The fourth-order valence-electron chi connectivity index (χ4n) is 2.55. The monoisotopic (exact) mass is 268 g/mol. The molecular weight excluding hydrogens is 240 g/mol. The summed E-state index contributed by atoms with van der Waals surface area (Å²) in [7, 11) is 1.58. The van der Waals surface area contributed by atoms with E-state index in [1.807, 2.05) is 0 Å². The van der Waals surface area contributed by atoms with E-state index in [0.29, 0.717) is 18.9 Å². The average molecular weight is 268 g/mol. The summed E-state index contributed by atoms with van der Waals surface area (Å²) < 4.78 is 0. The first kappa shape index (κ1) is 16.2. The van der Waals surface area contributed by atoms with Gasteiger partial charge in [0.25, 0.3) is 0 Å². The van der Waals surface area contributed by atoms with Crippen molar-refractivity contribution in [3.05, 3.63) is 0 Å². The van der Waals surface area contributed by atoms with Crippen LogP contribution >= 0.6 is 0 Å². The minimum atomic E-state index is -0.173. The van der Waals surface area contributed by atoms with Gasteiger partial charge in [-0.05, 0) is 19.8 Å². The molecule has 1 heterocycles. The van der Waals surface area contributed by atoms with Gasteiger partial charge in [-0.25, -0.2) is 0 Å². The zero-order chi connectivity index (χ0) is 14.3. The molecule has 4 nitrogen and oxygen atoms in total. The molecule has 2 unspecified atom stereocenters. The minimum Gasteiger partial charge on any atom is -0.303 e. The highest BCUT2D eigenvalue weighted by Gasteiger charge is 2.31. The van der Waals surface area contributed by atoms with Gasteiger partial charge in [-0.3, -0.25) is 14.5 Å². The number of amides is 2. The number of imide groups is 1. The molecule has 1 fully saturated rings. The van der Waals surface area contributed by atoms with Gasteiger partial charge in [0.15, 0.2) is 0 Å². The maximum absolute atomic E-state index is 11.9. The number of unbranched alkanes of at least 4 members (excludes halogenated alkanes) is 4. The molecule has 2 atom stereocenters. The van der Waals surface area contributed by atoms with E-state index in [1.54, 1.807) is 7.05 Å². The lowest BCUT2D eigenvalue weighted by atomic mass is 10.0. The van der Waals surface area contributed by atoms with Crippen LogP contribution in [0.4, 0.5) is 0 Å². The van der Waals surface area contributed by atoms with Crippen LogP contribution in [0.15, 0.2) is 0 Å². The Labute approximate surface area is 116 Å². The molecule has 0 bridgehead atoms. The van der Waals surface area contributed by atoms with Gasteiger partial charge in [0.05, 0.1) is 6.04 Å². The van der Waals surface area contributed by atoms with Crippen molar-refractivity contribution in [3.8, 4) is 0 Å². The molecule has 0 spiro atoms. The van der Waals surface area contributed by atoms with E-state index >= 15 is 0 Å². The van der Waals surface area contributed by atoms with Crippen LogP contribution in [0.1, 0.15) is 65.2 Å². The van der Waals surface area contributed by atoms with Crippen LogP contribution in [0, 0.1) is 0 Å². The number of likely N-dealkylation sites (tertiary alicyclic amines) is 1. The first-order valence-corrected chi connectivity index (χ1v) is 7.62. The van der Waals surface area contributed by atoms with Crippen LogP contribution in [0.25, 0.3) is 0 Å². The standard InChI is InChI=1S/C15H28N2O2/c1-4-5-6-7-8-9-12(2)16-13-10-11-14(18)17(3)15(13)19/h12-13,16H,4-11H2,1-3H3. The molecule has 1 N–H and O–H groups in total. The van der Waals surface area contributed by atoms with Crippen LogP contribution < -0.4 is 5.32 Å². The van der Waals surface area contributed by atoms with Crippen molar-refractivity contribution in [1.29, 1.82) is 0 Å². The van der Waals surface area contributed by atoms with Gasteiger partial charge in [0.2, 0.25) is 11.8 Å². The lowest BCUT2D eigenvalue weighted by molar-refractivity contribution is -0.148. The summed E-state index contributed by atoms with van der Waals surface area (Å²) >= 11 is 0. The summed E-state index contributed by atoms with van der Waals surface area (Å²) in [5.41, 5.74) is 0. The molecule has 1 aliphatic rings. The Morgan fingerprint density at radius 3 is 2.63 bits per heavy atom. The van der Waals surface area contributed by atoms with Crippen molar-refractivity contribution in [3.63, 3.8) is 0 Å². The number of piperidine rings is 1. The lowest BCUT2D eigenvalue weighted by Gasteiger charge is -2.30. The Morgan fingerprint density at radius 1 is 1.26 bits per heavy atom.